The van der Waals surface area contributed by atoms with Gasteiger partial charge in [0.25, 0.3) is 0 Å². The molecule has 1 aliphatic carbocycles. The lowest BCUT2D eigenvalue weighted by Crippen LogP contribution is -2.40. The van der Waals surface area contributed by atoms with Gasteiger partial charge in [-0.2, -0.15) is 5.10 Å². The van der Waals surface area contributed by atoms with Crippen molar-refractivity contribution in [2.45, 2.75) is 37.8 Å². The minimum atomic E-state index is -0.238. The van der Waals surface area contributed by atoms with E-state index in [1.165, 1.54) is 0 Å². The summed E-state index contributed by atoms with van der Waals surface area (Å²) in [6.07, 6.45) is 7.68. The molecule has 1 heterocycles. The number of ether oxygens (including phenoxy) is 1. The number of amides is 2. The van der Waals surface area contributed by atoms with Gasteiger partial charge in [-0.05, 0) is 49.9 Å². The number of aromatic nitrogens is 2. The fraction of sp³-hybridized carbons (Fsp3) is 0.412. The van der Waals surface area contributed by atoms with Gasteiger partial charge in [-0.25, -0.2) is 4.79 Å². The van der Waals surface area contributed by atoms with Crippen molar-refractivity contribution in [3.63, 3.8) is 0 Å². The van der Waals surface area contributed by atoms with Gasteiger partial charge in [0.05, 0.1) is 18.8 Å². The highest BCUT2D eigenvalue weighted by Crippen LogP contribution is 2.29. The van der Waals surface area contributed by atoms with Crippen molar-refractivity contribution >= 4 is 23.3 Å². The Morgan fingerprint density at radius 3 is 2.79 bits per heavy atom. The van der Waals surface area contributed by atoms with Crippen LogP contribution in [0.25, 0.3) is 0 Å². The van der Waals surface area contributed by atoms with Crippen LogP contribution in [0.15, 0.2) is 36.7 Å². The molecule has 0 radical (unpaired) electrons. The largest absolute Gasteiger partial charge is 0.495 e. The number of urea groups is 1. The normalized spacial score (nSPS) is 20.4. The average Bonchev–Trinajstić information content (AvgIpc) is 3.10. The Balaban J connectivity index is 1.52. The van der Waals surface area contributed by atoms with Crippen LogP contribution in [0.2, 0.25) is 5.02 Å². The monoisotopic (exact) mass is 348 g/mol. The molecule has 7 heteroatoms. The maximum atomic E-state index is 12.2. The van der Waals surface area contributed by atoms with Crippen molar-refractivity contribution in [2.24, 2.45) is 0 Å². The summed E-state index contributed by atoms with van der Waals surface area (Å²) >= 11 is 5.98. The molecule has 128 valence electrons. The van der Waals surface area contributed by atoms with Gasteiger partial charge in [-0.1, -0.05) is 11.6 Å². The first-order chi connectivity index (χ1) is 11.7. The smallest absolute Gasteiger partial charge is 0.319 e. The lowest BCUT2D eigenvalue weighted by atomic mass is 9.91. The molecule has 2 amide bonds. The highest BCUT2D eigenvalue weighted by atomic mass is 35.5. The van der Waals surface area contributed by atoms with Crippen LogP contribution in [-0.4, -0.2) is 29.0 Å². The molecule has 3 rings (SSSR count). The van der Waals surface area contributed by atoms with Gasteiger partial charge < -0.3 is 15.4 Å². The highest BCUT2D eigenvalue weighted by molar-refractivity contribution is 6.31. The number of nitrogens with one attached hydrogen (secondary N) is 2. The van der Waals surface area contributed by atoms with E-state index in [9.17, 15) is 4.79 Å². The fourth-order valence-electron chi connectivity index (χ4n) is 3.10. The van der Waals surface area contributed by atoms with Gasteiger partial charge in [0.15, 0.2) is 0 Å². The lowest BCUT2D eigenvalue weighted by Gasteiger charge is -2.29. The van der Waals surface area contributed by atoms with E-state index in [-0.39, 0.29) is 12.1 Å². The third-order valence-corrected chi connectivity index (χ3v) is 4.58. The van der Waals surface area contributed by atoms with Gasteiger partial charge >= 0.3 is 6.03 Å². The van der Waals surface area contributed by atoms with Crippen LogP contribution in [0.4, 0.5) is 10.5 Å². The quantitative estimate of drug-likeness (QED) is 0.881. The maximum absolute atomic E-state index is 12.2. The molecule has 0 bridgehead atoms. The van der Waals surface area contributed by atoms with Crippen molar-refractivity contribution in [3.05, 3.63) is 41.7 Å². The van der Waals surface area contributed by atoms with Gasteiger partial charge in [0.1, 0.15) is 5.75 Å². The predicted octanol–water partition coefficient (Wildman–Crippen LogP) is 3.85. The molecular weight excluding hydrogens is 328 g/mol. The third-order valence-electron chi connectivity index (χ3n) is 4.34. The number of carbonyl (C=O) groups is 1. The van der Waals surface area contributed by atoms with E-state index in [1.54, 1.807) is 31.5 Å². The maximum Gasteiger partial charge on any atom is 0.319 e. The molecule has 0 spiro atoms. The summed E-state index contributed by atoms with van der Waals surface area (Å²) in [6, 6.07) is 7.42. The van der Waals surface area contributed by atoms with E-state index in [1.807, 2.05) is 16.9 Å². The SMILES string of the molecule is COc1ccc(Cl)cc1NC(=O)NC1CCC(n2cccn2)CC1. The molecule has 6 nitrogen and oxygen atoms in total. The van der Waals surface area contributed by atoms with Crippen LogP contribution in [0.5, 0.6) is 5.75 Å². The first-order valence-corrected chi connectivity index (χ1v) is 8.43. The summed E-state index contributed by atoms with van der Waals surface area (Å²) in [5.41, 5.74) is 0.563. The molecule has 0 atom stereocenters. The summed E-state index contributed by atoms with van der Waals surface area (Å²) in [4.78, 5) is 12.2. The second-order valence-electron chi connectivity index (χ2n) is 5.93. The first kappa shape index (κ1) is 16.6. The molecule has 1 aromatic carbocycles. The van der Waals surface area contributed by atoms with Crippen molar-refractivity contribution in [2.75, 3.05) is 12.4 Å². The number of hydrogen-bond acceptors (Lipinski definition) is 3. The summed E-state index contributed by atoms with van der Waals surface area (Å²) in [7, 11) is 1.56. The summed E-state index contributed by atoms with van der Waals surface area (Å²) in [5, 5.41) is 10.7. The molecular formula is C17H21ClN4O2. The summed E-state index contributed by atoms with van der Waals surface area (Å²) in [6.45, 7) is 0. The number of hydrogen-bond donors (Lipinski definition) is 2. The Kier molecular flexibility index (Phi) is 5.25. The summed E-state index contributed by atoms with van der Waals surface area (Å²) in [5.74, 6) is 0.581. The Hall–Kier alpha value is -2.21. The minimum absolute atomic E-state index is 0.169. The van der Waals surface area contributed by atoms with Crippen LogP contribution in [0.3, 0.4) is 0 Å². The molecule has 24 heavy (non-hydrogen) atoms. The molecule has 1 aliphatic rings. The second kappa shape index (κ2) is 7.57. The molecule has 1 saturated carbocycles. The molecule has 1 fully saturated rings. The predicted molar refractivity (Wildman–Crippen MR) is 93.7 cm³/mol. The van der Waals surface area contributed by atoms with Crippen LogP contribution >= 0.6 is 11.6 Å². The van der Waals surface area contributed by atoms with E-state index in [0.29, 0.717) is 22.5 Å². The first-order valence-electron chi connectivity index (χ1n) is 8.06. The van der Waals surface area contributed by atoms with Gasteiger partial charge in [0.2, 0.25) is 0 Å². The number of halogens is 1. The topological polar surface area (TPSA) is 68.2 Å². The van der Waals surface area contributed by atoms with Crippen LogP contribution in [0.1, 0.15) is 31.7 Å². The zero-order valence-electron chi connectivity index (χ0n) is 13.5. The van der Waals surface area contributed by atoms with Gasteiger partial charge in [-0.15, -0.1) is 0 Å². The van der Waals surface area contributed by atoms with Crippen LogP contribution in [0, 0.1) is 0 Å². The highest BCUT2D eigenvalue weighted by Gasteiger charge is 2.23. The van der Waals surface area contributed by atoms with Crippen molar-refractivity contribution < 1.29 is 9.53 Å². The second-order valence-corrected chi connectivity index (χ2v) is 6.37. The third kappa shape index (κ3) is 4.00. The number of anilines is 1. The zero-order chi connectivity index (χ0) is 16.9. The van der Waals surface area contributed by atoms with E-state index in [0.717, 1.165) is 25.7 Å². The molecule has 0 unspecified atom stereocenters. The number of rotatable bonds is 4. The molecule has 2 N–H and O–H groups in total. The van der Waals surface area contributed by atoms with Gasteiger partial charge in [-0.3, -0.25) is 4.68 Å². The standard InChI is InChI=1S/C17H21ClN4O2/c1-24-16-8-3-12(18)11-15(16)21-17(23)20-13-4-6-14(7-5-13)22-10-2-9-19-22/h2-3,8-11,13-14H,4-7H2,1H3,(H2,20,21,23). The van der Waals surface area contributed by atoms with Crippen LogP contribution in [-0.2, 0) is 0 Å². The Morgan fingerprint density at radius 1 is 1.33 bits per heavy atom. The lowest BCUT2D eigenvalue weighted by molar-refractivity contribution is 0.235. The van der Waals surface area contributed by atoms with Crippen molar-refractivity contribution in [1.82, 2.24) is 15.1 Å². The Labute approximate surface area is 146 Å². The van der Waals surface area contributed by atoms with E-state index in [2.05, 4.69) is 15.7 Å². The summed E-state index contributed by atoms with van der Waals surface area (Å²) < 4.78 is 7.24. The molecule has 0 saturated heterocycles. The zero-order valence-corrected chi connectivity index (χ0v) is 14.3. The molecule has 1 aromatic heterocycles. The minimum Gasteiger partial charge on any atom is -0.495 e. The van der Waals surface area contributed by atoms with Crippen molar-refractivity contribution in [3.8, 4) is 5.75 Å². The number of carbonyl (C=O) groups excluding carboxylic acids is 1. The van der Waals surface area contributed by atoms with Crippen molar-refractivity contribution in [1.29, 1.82) is 0 Å². The van der Waals surface area contributed by atoms with E-state index < -0.39 is 0 Å². The number of benzene rings is 1. The number of methoxy groups -OCH3 is 1. The molecule has 0 aliphatic heterocycles. The van der Waals surface area contributed by atoms with E-state index in [4.69, 9.17) is 16.3 Å². The fourth-order valence-corrected chi connectivity index (χ4v) is 3.28. The van der Waals surface area contributed by atoms with Gasteiger partial charge in [0, 0.05) is 23.5 Å². The number of nitrogens with zero attached hydrogens (tertiary/aromatic N) is 2. The van der Waals surface area contributed by atoms with Crippen LogP contribution < -0.4 is 15.4 Å². The average molecular weight is 349 g/mol. The molecule has 2 aromatic rings. The Morgan fingerprint density at radius 2 is 2.12 bits per heavy atom. The van der Waals surface area contributed by atoms with E-state index >= 15 is 0 Å². The Bertz CT molecular complexity index is 682.